The van der Waals surface area contributed by atoms with E-state index in [2.05, 4.69) is 11.1 Å². The molecule has 1 aromatic heterocycles. The van der Waals surface area contributed by atoms with Gasteiger partial charge in [-0.25, -0.2) is 9.37 Å². The lowest BCUT2D eigenvalue weighted by atomic mass is 10.1. The van der Waals surface area contributed by atoms with Gasteiger partial charge in [0, 0.05) is 0 Å². The van der Waals surface area contributed by atoms with Gasteiger partial charge >= 0.3 is 0 Å². The summed E-state index contributed by atoms with van der Waals surface area (Å²) < 4.78 is 16.3. The summed E-state index contributed by atoms with van der Waals surface area (Å²) in [6.45, 7) is 0.452. The molecule has 0 saturated heterocycles. The smallest absolute Gasteiger partial charge is 0.144 e. The predicted octanol–water partition coefficient (Wildman–Crippen LogP) is 4.76. The van der Waals surface area contributed by atoms with Crippen molar-refractivity contribution in [3.63, 3.8) is 0 Å². The number of halogens is 1. The number of fused-ring (bicyclic) bond motifs is 1. The maximum absolute atomic E-state index is 14.4. The van der Waals surface area contributed by atoms with Gasteiger partial charge in [0.1, 0.15) is 11.6 Å². The molecule has 3 aromatic carbocycles. The molecule has 25 heavy (non-hydrogen) atoms. The Morgan fingerprint density at radius 1 is 0.920 bits per heavy atom. The van der Waals surface area contributed by atoms with Crippen LogP contribution in [0.1, 0.15) is 11.1 Å². The van der Waals surface area contributed by atoms with Crippen molar-refractivity contribution in [1.82, 2.24) is 9.55 Å². The van der Waals surface area contributed by atoms with Gasteiger partial charge < -0.3 is 4.57 Å². The van der Waals surface area contributed by atoms with Gasteiger partial charge in [0.05, 0.1) is 34.8 Å². The van der Waals surface area contributed by atoms with Gasteiger partial charge in [-0.2, -0.15) is 5.26 Å². The molecule has 0 N–H and O–H groups in total. The zero-order chi connectivity index (χ0) is 17.2. The van der Waals surface area contributed by atoms with Crippen LogP contribution < -0.4 is 0 Å². The van der Waals surface area contributed by atoms with Crippen molar-refractivity contribution in [2.75, 3.05) is 0 Å². The fourth-order valence-electron chi connectivity index (χ4n) is 3.02. The van der Waals surface area contributed by atoms with E-state index in [-0.39, 0.29) is 5.82 Å². The van der Waals surface area contributed by atoms with E-state index in [1.165, 1.54) is 6.07 Å². The van der Waals surface area contributed by atoms with Crippen LogP contribution in [0.5, 0.6) is 0 Å². The van der Waals surface area contributed by atoms with E-state index in [1.54, 1.807) is 24.3 Å². The summed E-state index contributed by atoms with van der Waals surface area (Å²) >= 11 is 0. The molecule has 0 fully saturated rings. The van der Waals surface area contributed by atoms with Gasteiger partial charge in [0.15, 0.2) is 0 Å². The Morgan fingerprint density at radius 2 is 1.64 bits per heavy atom. The maximum atomic E-state index is 14.4. The summed E-state index contributed by atoms with van der Waals surface area (Å²) in [7, 11) is 0. The van der Waals surface area contributed by atoms with Crippen LogP contribution in [0.3, 0.4) is 0 Å². The second kappa shape index (κ2) is 6.21. The summed E-state index contributed by atoms with van der Waals surface area (Å²) in [5, 5.41) is 9.36. The maximum Gasteiger partial charge on any atom is 0.144 e. The molecule has 0 aliphatic heterocycles. The highest BCUT2D eigenvalue weighted by atomic mass is 19.1. The van der Waals surface area contributed by atoms with E-state index < -0.39 is 0 Å². The van der Waals surface area contributed by atoms with Gasteiger partial charge in [-0.1, -0.05) is 42.5 Å². The second-order valence-electron chi connectivity index (χ2n) is 5.76. The molecular weight excluding hydrogens is 313 g/mol. The standard InChI is InChI=1S/C21H14FN3/c22-18-10-4-3-9-17(18)21-24-19-11-5-6-12-20(19)25(21)14-16-8-2-1-7-15(16)13-23/h1-12H,14H2. The van der Waals surface area contributed by atoms with Crippen molar-refractivity contribution in [1.29, 1.82) is 5.26 Å². The van der Waals surface area contributed by atoms with E-state index in [9.17, 15) is 9.65 Å². The molecule has 0 spiro atoms. The largest absolute Gasteiger partial charge is 0.319 e. The summed E-state index contributed by atoms with van der Waals surface area (Å²) in [5.74, 6) is 0.250. The quantitative estimate of drug-likeness (QED) is 0.544. The first kappa shape index (κ1) is 15.1. The summed E-state index contributed by atoms with van der Waals surface area (Å²) in [6.07, 6.45) is 0. The average molecular weight is 327 g/mol. The molecule has 0 aliphatic rings. The number of hydrogen-bond acceptors (Lipinski definition) is 2. The molecule has 120 valence electrons. The summed E-state index contributed by atoms with van der Waals surface area (Å²) in [6, 6.07) is 24.0. The van der Waals surface area contributed by atoms with E-state index >= 15 is 0 Å². The Morgan fingerprint density at radius 3 is 2.48 bits per heavy atom. The lowest BCUT2D eigenvalue weighted by Crippen LogP contribution is -2.04. The third kappa shape index (κ3) is 2.66. The highest BCUT2D eigenvalue weighted by molar-refractivity contribution is 5.81. The molecule has 0 atom stereocenters. The van der Waals surface area contributed by atoms with Crippen LogP contribution in [0, 0.1) is 17.1 Å². The van der Waals surface area contributed by atoms with Crippen molar-refractivity contribution in [3.8, 4) is 17.5 Å². The molecular formula is C21H14FN3. The van der Waals surface area contributed by atoms with E-state index in [1.807, 2.05) is 47.0 Å². The molecule has 0 radical (unpaired) electrons. The number of imidazole rings is 1. The zero-order valence-electron chi connectivity index (χ0n) is 13.4. The fourth-order valence-corrected chi connectivity index (χ4v) is 3.02. The SMILES string of the molecule is N#Cc1ccccc1Cn1c(-c2ccccc2F)nc2ccccc21. The van der Waals surface area contributed by atoms with E-state index in [4.69, 9.17) is 0 Å². The van der Waals surface area contributed by atoms with Crippen LogP contribution in [0.4, 0.5) is 4.39 Å². The number of nitrogens with zero attached hydrogens (tertiary/aromatic N) is 3. The topological polar surface area (TPSA) is 41.6 Å². The third-order valence-corrected chi connectivity index (χ3v) is 4.24. The number of aromatic nitrogens is 2. The van der Waals surface area contributed by atoms with Crippen LogP contribution in [0.2, 0.25) is 0 Å². The molecule has 0 unspecified atom stereocenters. The number of para-hydroxylation sites is 2. The van der Waals surface area contributed by atoms with E-state index in [0.29, 0.717) is 23.5 Å². The molecule has 4 heteroatoms. The van der Waals surface area contributed by atoms with Crippen LogP contribution in [-0.2, 0) is 6.54 Å². The summed E-state index contributed by atoms with van der Waals surface area (Å²) in [5.41, 5.74) is 3.65. The Bertz CT molecular complexity index is 1110. The molecule has 0 bridgehead atoms. The molecule has 0 aliphatic carbocycles. The minimum atomic E-state index is -0.312. The Balaban J connectivity index is 1.95. The monoisotopic (exact) mass is 327 g/mol. The number of hydrogen-bond donors (Lipinski definition) is 0. The minimum Gasteiger partial charge on any atom is -0.319 e. The molecule has 4 rings (SSSR count). The molecule has 4 aromatic rings. The molecule has 3 nitrogen and oxygen atoms in total. The lowest BCUT2D eigenvalue weighted by Gasteiger charge is -2.11. The molecule has 0 saturated carbocycles. The Hall–Kier alpha value is -3.45. The van der Waals surface area contributed by atoms with Gasteiger partial charge in [0.2, 0.25) is 0 Å². The highest BCUT2D eigenvalue weighted by Crippen LogP contribution is 2.28. The zero-order valence-corrected chi connectivity index (χ0v) is 13.4. The van der Waals surface area contributed by atoms with Crippen LogP contribution >= 0.6 is 0 Å². The second-order valence-corrected chi connectivity index (χ2v) is 5.76. The van der Waals surface area contributed by atoms with Gasteiger partial charge in [-0.15, -0.1) is 0 Å². The lowest BCUT2D eigenvalue weighted by molar-refractivity contribution is 0.628. The van der Waals surface area contributed by atoms with Crippen molar-refractivity contribution in [3.05, 3.63) is 89.7 Å². The van der Waals surface area contributed by atoms with Crippen LogP contribution in [0.15, 0.2) is 72.8 Å². The van der Waals surface area contributed by atoms with Crippen molar-refractivity contribution >= 4 is 11.0 Å². The van der Waals surface area contributed by atoms with Crippen molar-refractivity contribution < 1.29 is 4.39 Å². The molecule has 0 amide bonds. The molecule has 1 heterocycles. The first-order chi connectivity index (χ1) is 12.3. The van der Waals surface area contributed by atoms with Crippen LogP contribution in [0.25, 0.3) is 22.4 Å². The normalized spacial score (nSPS) is 10.7. The van der Waals surface area contributed by atoms with Gasteiger partial charge in [-0.05, 0) is 35.9 Å². The number of nitriles is 1. The average Bonchev–Trinajstić information content (AvgIpc) is 3.01. The number of benzene rings is 3. The van der Waals surface area contributed by atoms with Gasteiger partial charge in [-0.3, -0.25) is 0 Å². The third-order valence-electron chi connectivity index (χ3n) is 4.24. The van der Waals surface area contributed by atoms with Crippen molar-refractivity contribution in [2.24, 2.45) is 0 Å². The summed E-state index contributed by atoms with van der Waals surface area (Å²) in [4.78, 5) is 4.64. The number of rotatable bonds is 3. The van der Waals surface area contributed by atoms with Gasteiger partial charge in [0.25, 0.3) is 0 Å². The van der Waals surface area contributed by atoms with E-state index in [0.717, 1.165) is 16.6 Å². The highest BCUT2D eigenvalue weighted by Gasteiger charge is 2.16. The van der Waals surface area contributed by atoms with Crippen molar-refractivity contribution in [2.45, 2.75) is 6.54 Å². The first-order valence-corrected chi connectivity index (χ1v) is 7.96. The van der Waals surface area contributed by atoms with Crippen LogP contribution in [-0.4, -0.2) is 9.55 Å². The first-order valence-electron chi connectivity index (χ1n) is 7.96. The Labute approximate surface area is 144 Å². The predicted molar refractivity (Wildman–Crippen MR) is 95.4 cm³/mol. The fraction of sp³-hybridized carbons (Fsp3) is 0.0476. The minimum absolute atomic E-state index is 0.312. The Kier molecular flexibility index (Phi) is 3.75.